The highest BCUT2D eigenvalue weighted by Gasteiger charge is 2.24. The summed E-state index contributed by atoms with van der Waals surface area (Å²) in [4.78, 5) is 13.0. The lowest BCUT2D eigenvalue weighted by atomic mass is 10.2. The third kappa shape index (κ3) is 2.99. The fourth-order valence-corrected chi connectivity index (χ4v) is 2.07. The third-order valence-corrected chi connectivity index (χ3v) is 3.06. The molecule has 1 heterocycles. The summed E-state index contributed by atoms with van der Waals surface area (Å²) in [5.74, 6) is 0.672. The molecule has 0 bridgehead atoms. The van der Waals surface area contributed by atoms with Crippen LogP contribution in [0.4, 0.5) is 4.79 Å². The van der Waals surface area contributed by atoms with Crippen LogP contribution >= 0.6 is 0 Å². The molecule has 1 aliphatic rings. The Balaban J connectivity index is 2.34. The van der Waals surface area contributed by atoms with Crippen LogP contribution in [0.5, 0.6) is 0 Å². The van der Waals surface area contributed by atoms with E-state index in [1.54, 1.807) is 11.2 Å². The Morgan fingerprint density at radius 2 is 2.38 bits per heavy atom. The van der Waals surface area contributed by atoms with E-state index < -0.39 is 10.8 Å². The molecule has 1 fully saturated rings. The predicted molar refractivity (Wildman–Crippen MR) is 53.1 cm³/mol. The molecule has 1 saturated heterocycles. The zero-order chi connectivity index (χ0) is 9.84. The number of carbonyl (C=O) groups excluding carboxylic acids is 1. The Hall–Kier alpha value is -0.580. The molecule has 0 aromatic carbocycles. The molecule has 0 aliphatic carbocycles. The maximum absolute atomic E-state index is 11.2. The Morgan fingerprint density at radius 3 is 2.85 bits per heavy atom. The second kappa shape index (κ2) is 4.60. The SMILES string of the molecule is CC(CCS(C)=O)N1CCNC1=O. The summed E-state index contributed by atoms with van der Waals surface area (Å²) in [7, 11) is -0.756. The molecule has 4 nitrogen and oxygen atoms in total. The average molecular weight is 204 g/mol. The van der Waals surface area contributed by atoms with E-state index in [1.807, 2.05) is 6.92 Å². The molecule has 0 aromatic heterocycles. The largest absolute Gasteiger partial charge is 0.336 e. The minimum absolute atomic E-state index is 0.00869. The van der Waals surface area contributed by atoms with Crippen LogP contribution in [0, 0.1) is 0 Å². The Bertz CT molecular complexity index is 220. The van der Waals surface area contributed by atoms with Gasteiger partial charge in [0.15, 0.2) is 0 Å². The lowest BCUT2D eigenvalue weighted by Crippen LogP contribution is -2.36. The zero-order valence-corrected chi connectivity index (χ0v) is 8.89. The highest BCUT2D eigenvalue weighted by atomic mass is 32.2. The van der Waals surface area contributed by atoms with Crippen LogP contribution in [0.25, 0.3) is 0 Å². The van der Waals surface area contributed by atoms with Crippen molar-refractivity contribution in [3.8, 4) is 0 Å². The van der Waals surface area contributed by atoms with Gasteiger partial charge in [-0.25, -0.2) is 4.79 Å². The van der Waals surface area contributed by atoms with Crippen LogP contribution < -0.4 is 5.32 Å². The van der Waals surface area contributed by atoms with Gasteiger partial charge in [0.05, 0.1) is 0 Å². The highest BCUT2D eigenvalue weighted by molar-refractivity contribution is 7.84. The van der Waals surface area contributed by atoms with Crippen molar-refractivity contribution in [3.05, 3.63) is 0 Å². The van der Waals surface area contributed by atoms with Crippen LogP contribution in [0.15, 0.2) is 0 Å². The lowest BCUT2D eigenvalue weighted by molar-refractivity contribution is 0.201. The van der Waals surface area contributed by atoms with E-state index in [1.165, 1.54) is 0 Å². The fourth-order valence-electron chi connectivity index (χ4n) is 1.40. The summed E-state index contributed by atoms with van der Waals surface area (Å²) in [5.41, 5.74) is 0. The van der Waals surface area contributed by atoms with Gasteiger partial charge in [0.25, 0.3) is 0 Å². The first-order valence-corrected chi connectivity index (χ1v) is 6.18. The van der Waals surface area contributed by atoms with Gasteiger partial charge in [0.2, 0.25) is 0 Å². The normalized spacial score (nSPS) is 21.4. The number of nitrogens with zero attached hydrogens (tertiary/aromatic N) is 1. The van der Waals surface area contributed by atoms with Crippen molar-refractivity contribution in [2.45, 2.75) is 19.4 Å². The first-order chi connectivity index (χ1) is 6.11. The number of hydrogen-bond donors (Lipinski definition) is 1. The van der Waals surface area contributed by atoms with Crippen molar-refractivity contribution in [3.63, 3.8) is 0 Å². The Morgan fingerprint density at radius 1 is 1.69 bits per heavy atom. The van der Waals surface area contributed by atoms with Gasteiger partial charge < -0.3 is 10.2 Å². The minimum atomic E-state index is -0.756. The van der Waals surface area contributed by atoms with Gasteiger partial charge in [0, 0.05) is 41.9 Å². The highest BCUT2D eigenvalue weighted by Crippen LogP contribution is 2.07. The molecule has 5 heteroatoms. The molecule has 1 rings (SSSR count). The molecule has 2 atom stereocenters. The number of amides is 2. The smallest absolute Gasteiger partial charge is 0.317 e. The van der Waals surface area contributed by atoms with Gasteiger partial charge in [-0.05, 0) is 13.3 Å². The van der Waals surface area contributed by atoms with Gasteiger partial charge in [-0.1, -0.05) is 0 Å². The fraction of sp³-hybridized carbons (Fsp3) is 0.875. The van der Waals surface area contributed by atoms with E-state index >= 15 is 0 Å². The quantitative estimate of drug-likeness (QED) is 0.709. The van der Waals surface area contributed by atoms with E-state index in [0.717, 1.165) is 19.5 Å². The molecule has 13 heavy (non-hydrogen) atoms. The van der Waals surface area contributed by atoms with E-state index in [0.29, 0.717) is 5.75 Å². The van der Waals surface area contributed by atoms with Crippen molar-refractivity contribution in [1.82, 2.24) is 10.2 Å². The average Bonchev–Trinajstić information content (AvgIpc) is 2.47. The summed E-state index contributed by atoms with van der Waals surface area (Å²) in [5, 5.41) is 2.75. The second-order valence-corrected chi connectivity index (χ2v) is 4.89. The van der Waals surface area contributed by atoms with Crippen molar-refractivity contribution in [1.29, 1.82) is 0 Å². The second-order valence-electron chi connectivity index (χ2n) is 3.34. The molecular weight excluding hydrogens is 188 g/mol. The lowest BCUT2D eigenvalue weighted by Gasteiger charge is -2.22. The van der Waals surface area contributed by atoms with Gasteiger partial charge in [-0.15, -0.1) is 0 Å². The molecule has 76 valence electrons. The third-order valence-electron chi connectivity index (χ3n) is 2.24. The number of carbonyl (C=O) groups is 1. The molecule has 2 unspecified atom stereocenters. The van der Waals surface area contributed by atoms with E-state index in [4.69, 9.17) is 0 Å². The number of nitrogens with one attached hydrogen (secondary N) is 1. The first-order valence-electron chi connectivity index (χ1n) is 4.45. The molecule has 0 spiro atoms. The molecule has 0 radical (unpaired) electrons. The molecule has 1 aliphatic heterocycles. The summed E-state index contributed by atoms with van der Waals surface area (Å²) in [6.07, 6.45) is 2.51. The topological polar surface area (TPSA) is 49.4 Å². The van der Waals surface area contributed by atoms with Crippen molar-refractivity contribution in [2.75, 3.05) is 25.1 Å². The summed E-state index contributed by atoms with van der Waals surface area (Å²) < 4.78 is 10.8. The van der Waals surface area contributed by atoms with E-state index in [-0.39, 0.29) is 12.1 Å². The number of hydrogen-bond acceptors (Lipinski definition) is 2. The van der Waals surface area contributed by atoms with Gasteiger partial charge in [-0.2, -0.15) is 0 Å². The van der Waals surface area contributed by atoms with Crippen LogP contribution in [0.2, 0.25) is 0 Å². The molecule has 0 saturated carbocycles. The van der Waals surface area contributed by atoms with Gasteiger partial charge in [0.1, 0.15) is 0 Å². The molecule has 1 N–H and O–H groups in total. The standard InChI is InChI=1S/C8H16N2O2S/c1-7(3-6-13(2)12)10-5-4-9-8(10)11/h7H,3-6H2,1-2H3,(H,9,11). The van der Waals surface area contributed by atoms with Crippen molar-refractivity contribution < 1.29 is 9.00 Å². The predicted octanol–water partition coefficient (Wildman–Crippen LogP) is 0.169. The van der Waals surface area contributed by atoms with Crippen molar-refractivity contribution >= 4 is 16.8 Å². The Labute approximate surface area is 81.1 Å². The summed E-state index contributed by atoms with van der Waals surface area (Å²) >= 11 is 0. The number of rotatable bonds is 4. The van der Waals surface area contributed by atoms with Crippen LogP contribution in [-0.4, -0.2) is 46.3 Å². The summed E-state index contributed by atoms with van der Waals surface area (Å²) in [6.45, 7) is 3.51. The molecule has 2 amide bonds. The zero-order valence-electron chi connectivity index (χ0n) is 8.08. The number of urea groups is 1. The Kier molecular flexibility index (Phi) is 3.71. The van der Waals surface area contributed by atoms with Gasteiger partial charge in [-0.3, -0.25) is 4.21 Å². The molecule has 0 aromatic rings. The van der Waals surface area contributed by atoms with E-state index in [9.17, 15) is 9.00 Å². The van der Waals surface area contributed by atoms with Crippen LogP contribution in [-0.2, 0) is 10.8 Å². The monoisotopic (exact) mass is 204 g/mol. The summed E-state index contributed by atoms with van der Waals surface area (Å²) in [6, 6.07) is 0.209. The maximum atomic E-state index is 11.2. The van der Waals surface area contributed by atoms with Gasteiger partial charge >= 0.3 is 6.03 Å². The molecular formula is C8H16N2O2S. The first kappa shape index (κ1) is 10.5. The van der Waals surface area contributed by atoms with Crippen LogP contribution in [0.3, 0.4) is 0 Å². The maximum Gasteiger partial charge on any atom is 0.317 e. The minimum Gasteiger partial charge on any atom is -0.336 e. The van der Waals surface area contributed by atoms with Crippen LogP contribution in [0.1, 0.15) is 13.3 Å². The van der Waals surface area contributed by atoms with E-state index in [2.05, 4.69) is 5.32 Å². The van der Waals surface area contributed by atoms with Crippen molar-refractivity contribution in [2.24, 2.45) is 0 Å².